The normalized spacial score (nSPS) is 21.9. The minimum Gasteiger partial charge on any atom is -0.396 e. The Balaban J connectivity index is 2.06. The molecule has 1 aliphatic heterocycles. The first-order valence-corrected chi connectivity index (χ1v) is 6.89. The number of hydrogen-bond acceptors (Lipinski definition) is 4. The predicted molar refractivity (Wildman–Crippen MR) is 70.2 cm³/mol. The van der Waals surface area contributed by atoms with E-state index in [4.69, 9.17) is 9.84 Å². The van der Waals surface area contributed by atoms with Crippen LogP contribution in [0.1, 0.15) is 25.7 Å². The van der Waals surface area contributed by atoms with Gasteiger partial charge in [0, 0.05) is 26.8 Å². The Labute approximate surface area is 105 Å². The minimum atomic E-state index is 0.329. The second-order valence-electron chi connectivity index (χ2n) is 4.94. The molecule has 0 amide bonds. The van der Waals surface area contributed by atoms with Crippen LogP contribution in [0.15, 0.2) is 0 Å². The van der Waals surface area contributed by atoms with Crippen molar-refractivity contribution in [1.29, 1.82) is 0 Å². The summed E-state index contributed by atoms with van der Waals surface area (Å²) in [6.07, 6.45) is 4.72. The molecule has 17 heavy (non-hydrogen) atoms. The molecule has 1 saturated heterocycles. The molecule has 0 aromatic rings. The summed E-state index contributed by atoms with van der Waals surface area (Å²) in [7, 11) is 1.74. The fourth-order valence-electron chi connectivity index (χ4n) is 2.45. The molecule has 1 fully saturated rings. The first-order valence-electron chi connectivity index (χ1n) is 6.89. The Morgan fingerprint density at radius 2 is 2.29 bits per heavy atom. The van der Waals surface area contributed by atoms with Crippen molar-refractivity contribution >= 4 is 0 Å². The van der Waals surface area contributed by atoms with Gasteiger partial charge in [0.25, 0.3) is 0 Å². The summed E-state index contributed by atoms with van der Waals surface area (Å²) in [4.78, 5) is 2.54. The van der Waals surface area contributed by atoms with Crippen LogP contribution in [-0.4, -0.2) is 63.1 Å². The number of rotatable bonds is 9. The topological polar surface area (TPSA) is 44.7 Å². The molecule has 0 saturated carbocycles. The molecule has 2 N–H and O–H groups in total. The van der Waals surface area contributed by atoms with Crippen LogP contribution in [0.25, 0.3) is 0 Å². The van der Waals surface area contributed by atoms with Gasteiger partial charge in [0.2, 0.25) is 0 Å². The van der Waals surface area contributed by atoms with Crippen LogP contribution in [0.4, 0.5) is 0 Å². The highest BCUT2D eigenvalue weighted by Gasteiger charge is 2.18. The van der Waals surface area contributed by atoms with E-state index in [-0.39, 0.29) is 0 Å². The van der Waals surface area contributed by atoms with Gasteiger partial charge in [-0.15, -0.1) is 0 Å². The maximum atomic E-state index is 8.77. The summed E-state index contributed by atoms with van der Waals surface area (Å²) in [6, 6.07) is 0. The van der Waals surface area contributed by atoms with E-state index in [1.54, 1.807) is 7.11 Å². The molecule has 0 spiro atoms. The molecule has 1 aliphatic rings. The number of likely N-dealkylation sites (tertiary alicyclic amines) is 1. The Morgan fingerprint density at radius 1 is 1.41 bits per heavy atom. The fourth-order valence-corrected chi connectivity index (χ4v) is 2.45. The quantitative estimate of drug-likeness (QED) is 0.586. The number of hydrogen-bond donors (Lipinski definition) is 2. The first-order chi connectivity index (χ1) is 8.36. The Morgan fingerprint density at radius 3 is 3.06 bits per heavy atom. The maximum Gasteiger partial charge on any atom is 0.0587 e. The van der Waals surface area contributed by atoms with E-state index in [1.807, 2.05) is 0 Å². The molecule has 1 heterocycles. The Hall–Kier alpha value is -0.160. The van der Waals surface area contributed by atoms with Crippen molar-refractivity contribution in [2.24, 2.45) is 5.92 Å². The van der Waals surface area contributed by atoms with Gasteiger partial charge in [-0.25, -0.2) is 0 Å². The standard InChI is InChI=1S/C13H28N2O2/c1-17-10-6-14-11-13-5-4-8-15(12-13)7-2-3-9-16/h13-14,16H,2-12H2,1H3. The van der Waals surface area contributed by atoms with E-state index >= 15 is 0 Å². The molecule has 1 unspecified atom stereocenters. The Kier molecular flexibility index (Phi) is 8.61. The van der Waals surface area contributed by atoms with E-state index in [0.29, 0.717) is 6.61 Å². The lowest BCUT2D eigenvalue weighted by Gasteiger charge is -2.32. The summed E-state index contributed by atoms with van der Waals surface area (Å²) >= 11 is 0. The Bertz CT molecular complexity index is 179. The van der Waals surface area contributed by atoms with Crippen LogP contribution in [-0.2, 0) is 4.74 Å². The zero-order chi connectivity index (χ0) is 12.3. The van der Waals surface area contributed by atoms with Gasteiger partial charge >= 0.3 is 0 Å². The second-order valence-corrected chi connectivity index (χ2v) is 4.94. The van der Waals surface area contributed by atoms with Crippen LogP contribution >= 0.6 is 0 Å². The fraction of sp³-hybridized carbons (Fsp3) is 1.00. The average molecular weight is 244 g/mol. The van der Waals surface area contributed by atoms with E-state index in [9.17, 15) is 0 Å². The van der Waals surface area contributed by atoms with Crippen molar-refractivity contribution in [2.75, 3.05) is 53.0 Å². The number of aliphatic hydroxyl groups excluding tert-OH is 1. The molecule has 1 rings (SSSR count). The van der Waals surface area contributed by atoms with Crippen molar-refractivity contribution < 1.29 is 9.84 Å². The van der Waals surface area contributed by atoms with Crippen molar-refractivity contribution in [3.05, 3.63) is 0 Å². The molecule has 0 bridgehead atoms. The second kappa shape index (κ2) is 9.83. The maximum absolute atomic E-state index is 8.77. The van der Waals surface area contributed by atoms with E-state index in [1.165, 1.54) is 25.9 Å². The van der Waals surface area contributed by atoms with E-state index in [0.717, 1.165) is 45.0 Å². The number of nitrogens with one attached hydrogen (secondary N) is 1. The number of piperidine rings is 1. The van der Waals surface area contributed by atoms with Crippen molar-refractivity contribution in [3.8, 4) is 0 Å². The summed E-state index contributed by atoms with van der Waals surface area (Å²) in [6.45, 7) is 6.79. The van der Waals surface area contributed by atoms with Gasteiger partial charge in [0.1, 0.15) is 0 Å². The number of methoxy groups -OCH3 is 1. The first kappa shape index (κ1) is 14.9. The molecule has 0 aromatic carbocycles. The van der Waals surface area contributed by atoms with Crippen LogP contribution < -0.4 is 5.32 Å². The molecular weight excluding hydrogens is 216 g/mol. The third kappa shape index (κ3) is 6.99. The molecule has 0 aromatic heterocycles. The molecular formula is C13H28N2O2. The molecule has 102 valence electrons. The summed E-state index contributed by atoms with van der Waals surface area (Å²) in [5.74, 6) is 0.787. The monoisotopic (exact) mass is 244 g/mol. The van der Waals surface area contributed by atoms with Crippen molar-refractivity contribution in [3.63, 3.8) is 0 Å². The van der Waals surface area contributed by atoms with Crippen LogP contribution in [0.2, 0.25) is 0 Å². The SMILES string of the molecule is COCCNCC1CCCN(CCCCO)C1. The average Bonchev–Trinajstić information content (AvgIpc) is 2.36. The van der Waals surface area contributed by atoms with E-state index < -0.39 is 0 Å². The largest absolute Gasteiger partial charge is 0.396 e. The molecule has 0 radical (unpaired) electrons. The number of unbranched alkanes of at least 4 members (excludes halogenated alkanes) is 1. The molecule has 0 aliphatic carbocycles. The summed E-state index contributed by atoms with van der Waals surface area (Å²) < 4.78 is 5.02. The van der Waals surface area contributed by atoms with Gasteiger partial charge in [-0.05, 0) is 51.2 Å². The zero-order valence-corrected chi connectivity index (χ0v) is 11.2. The van der Waals surface area contributed by atoms with Crippen molar-refractivity contribution in [1.82, 2.24) is 10.2 Å². The number of ether oxygens (including phenoxy) is 1. The molecule has 4 nitrogen and oxygen atoms in total. The van der Waals surface area contributed by atoms with Crippen LogP contribution in [0.3, 0.4) is 0 Å². The summed E-state index contributed by atoms with van der Waals surface area (Å²) in [5.41, 5.74) is 0. The van der Waals surface area contributed by atoms with E-state index in [2.05, 4.69) is 10.2 Å². The molecule has 4 heteroatoms. The smallest absolute Gasteiger partial charge is 0.0587 e. The van der Waals surface area contributed by atoms with Crippen LogP contribution in [0.5, 0.6) is 0 Å². The highest BCUT2D eigenvalue weighted by molar-refractivity contribution is 4.74. The third-order valence-electron chi connectivity index (χ3n) is 3.40. The highest BCUT2D eigenvalue weighted by atomic mass is 16.5. The lowest BCUT2D eigenvalue weighted by molar-refractivity contribution is 0.159. The van der Waals surface area contributed by atoms with Crippen LogP contribution in [0, 0.1) is 5.92 Å². The van der Waals surface area contributed by atoms with Gasteiger partial charge in [-0.3, -0.25) is 0 Å². The van der Waals surface area contributed by atoms with Gasteiger partial charge in [0.15, 0.2) is 0 Å². The summed E-state index contributed by atoms with van der Waals surface area (Å²) in [5, 5.41) is 12.2. The van der Waals surface area contributed by atoms with Gasteiger partial charge in [0.05, 0.1) is 6.61 Å². The van der Waals surface area contributed by atoms with Gasteiger partial charge in [-0.2, -0.15) is 0 Å². The zero-order valence-electron chi connectivity index (χ0n) is 11.2. The number of nitrogens with zero attached hydrogens (tertiary/aromatic N) is 1. The number of aliphatic hydroxyl groups is 1. The van der Waals surface area contributed by atoms with Gasteiger partial charge < -0.3 is 20.1 Å². The highest BCUT2D eigenvalue weighted by Crippen LogP contribution is 2.16. The lowest BCUT2D eigenvalue weighted by atomic mass is 9.98. The van der Waals surface area contributed by atoms with Crippen molar-refractivity contribution in [2.45, 2.75) is 25.7 Å². The van der Waals surface area contributed by atoms with Gasteiger partial charge in [-0.1, -0.05) is 0 Å². The lowest BCUT2D eigenvalue weighted by Crippen LogP contribution is -2.40. The minimum absolute atomic E-state index is 0.329. The third-order valence-corrected chi connectivity index (χ3v) is 3.40. The molecule has 1 atom stereocenters. The predicted octanol–water partition coefficient (Wildman–Crippen LogP) is 0.707.